The lowest BCUT2D eigenvalue weighted by Gasteiger charge is -2.30. The number of carbonyl (C=O) groups excluding carboxylic acids is 1. The normalized spacial score (nSPS) is 14.9. The third-order valence-corrected chi connectivity index (χ3v) is 7.20. The molecule has 8 nitrogen and oxygen atoms in total. The van der Waals surface area contributed by atoms with E-state index in [0.717, 1.165) is 41.6 Å². The summed E-state index contributed by atoms with van der Waals surface area (Å²) in [4.78, 5) is 44.8. The van der Waals surface area contributed by atoms with Gasteiger partial charge in [-0.1, -0.05) is 48.5 Å². The van der Waals surface area contributed by atoms with Crippen LogP contribution in [-0.4, -0.2) is 48.3 Å². The standard InChI is InChI=1S/C23H29N5O3S/c1-15-5-7-17(8-6-15)13-28-19-20(25(3)23(31)26(4)21(19)30)24-22(28)32-14-18(29)27-11-9-16(2)10-12-27/h5-8,16H,9-14H2,1-4H3. The van der Waals surface area contributed by atoms with E-state index >= 15 is 0 Å². The maximum Gasteiger partial charge on any atom is 0.332 e. The van der Waals surface area contributed by atoms with Crippen LogP contribution >= 0.6 is 11.8 Å². The number of carbonyl (C=O) groups is 1. The van der Waals surface area contributed by atoms with Crippen LogP contribution in [-0.2, 0) is 25.4 Å². The number of benzene rings is 1. The number of aryl methyl sites for hydroxylation is 2. The molecule has 0 bridgehead atoms. The van der Waals surface area contributed by atoms with Crippen molar-refractivity contribution < 1.29 is 4.79 Å². The van der Waals surface area contributed by atoms with E-state index in [1.807, 2.05) is 40.7 Å². The van der Waals surface area contributed by atoms with Gasteiger partial charge in [0.1, 0.15) is 0 Å². The number of fused-ring (bicyclic) bond motifs is 1. The maximum atomic E-state index is 13.0. The van der Waals surface area contributed by atoms with E-state index in [2.05, 4.69) is 11.9 Å². The molecule has 0 unspecified atom stereocenters. The highest BCUT2D eigenvalue weighted by Crippen LogP contribution is 2.24. The average molecular weight is 456 g/mol. The minimum Gasteiger partial charge on any atom is -0.342 e. The van der Waals surface area contributed by atoms with Gasteiger partial charge in [0.15, 0.2) is 16.3 Å². The number of rotatable bonds is 5. The van der Waals surface area contributed by atoms with Gasteiger partial charge in [-0.15, -0.1) is 0 Å². The number of hydrogen-bond acceptors (Lipinski definition) is 5. The van der Waals surface area contributed by atoms with Crippen molar-refractivity contribution in [1.29, 1.82) is 0 Å². The molecule has 1 aromatic carbocycles. The van der Waals surface area contributed by atoms with Crippen molar-refractivity contribution in [2.24, 2.45) is 20.0 Å². The summed E-state index contributed by atoms with van der Waals surface area (Å²) < 4.78 is 4.32. The van der Waals surface area contributed by atoms with Crippen LogP contribution in [0.2, 0.25) is 0 Å². The molecule has 0 aliphatic carbocycles. The molecular weight excluding hydrogens is 426 g/mol. The topological polar surface area (TPSA) is 82.1 Å². The van der Waals surface area contributed by atoms with E-state index in [1.54, 1.807) is 7.05 Å². The fraction of sp³-hybridized carbons (Fsp3) is 0.478. The van der Waals surface area contributed by atoms with Gasteiger partial charge in [0.05, 0.1) is 12.3 Å². The Hall–Kier alpha value is -2.81. The van der Waals surface area contributed by atoms with Gasteiger partial charge < -0.3 is 9.47 Å². The average Bonchev–Trinajstić information content (AvgIpc) is 3.15. The molecule has 1 aliphatic heterocycles. The Morgan fingerprint density at radius 3 is 2.41 bits per heavy atom. The summed E-state index contributed by atoms with van der Waals surface area (Å²) in [5.74, 6) is 0.986. The van der Waals surface area contributed by atoms with Gasteiger partial charge in [-0.05, 0) is 31.2 Å². The summed E-state index contributed by atoms with van der Waals surface area (Å²) in [6.45, 7) is 6.25. The SMILES string of the molecule is Cc1ccc(Cn2c(SCC(=O)N3CCC(C)CC3)nc3c2c(=O)n(C)c(=O)n3C)cc1. The summed E-state index contributed by atoms with van der Waals surface area (Å²) in [6.07, 6.45) is 2.06. The van der Waals surface area contributed by atoms with Crippen LogP contribution < -0.4 is 11.2 Å². The first kappa shape index (κ1) is 22.4. The highest BCUT2D eigenvalue weighted by Gasteiger charge is 2.23. The molecule has 1 fully saturated rings. The van der Waals surface area contributed by atoms with Gasteiger partial charge in [0.25, 0.3) is 5.56 Å². The van der Waals surface area contributed by atoms with Crippen LogP contribution in [0.25, 0.3) is 11.2 Å². The Labute approximate surface area is 190 Å². The Kier molecular flexibility index (Phi) is 6.28. The van der Waals surface area contributed by atoms with E-state index in [4.69, 9.17) is 0 Å². The lowest BCUT2D eigenvalue weighted by atomic mass is 9.99. The molecule has 32 heavy (non-hydrogen) atoms. The predicted molar refractivity (Wildman–Crippen MR) is 126 cm³/mol. The number of hydrogen-bond donors (Lipinski definition) is 0. The highest BCUT2D eigenvalue weighted by atomic mass is 32.2. The summed E-state index contributed by atoms with van der Waals surface area (Å²) in [5.41, 5.74) is 2.08. The summed E-state index contributed by atoms with van der Waals surface area (Å²) in [5, 5.41) is 0.567. The first-order valence-corrected chi connectivity index (χ1v) is 11.9. The van der Waals surface area contributed by atoms with Crippen molar-refractivity contribution in [3.05, 3.63) is 56.2 Å². The van der Waals surface area contributed by atoms with Gasteiger partial charge in [0.2, 0.25) is 5.91 Å². The van der Waals surface area contributed by atoms with Gasteiger partial charge >= 0.3 is 5.69 Å². The Bertz CT molecular complexity index is 1260. The van der Waals surface area contributed by atoms with Gasteiger partial charge in [-0.25, -0.2) is 9.78 Å². The number of piperidine rings is 1. The van der Waals surface area contributed by atoms with Gasteiger partial charge in [0, 0.05) is 27.2 Å². The summed E-state index contributed by atoms with van der Waals surface area (Å²) in [7, 11) is 3.09. The van der Waals surface area contributed by atoms with Crippen molar-refractivity contribution >= 4 is 28.8 Å². The van der Waals surface area contributed by atoms with E-state index < -0.39 is 5.69 Å². The zero-order valence-electron chi connectivity index (χ0n) is 19.0. The summed E-state index contributed by atoms with van der Waals surface area (Å²) >= 11 is 1.32. The van der Waals surface area contributed by atoms with Crippen molar-refractivity contribution in [2.45, 2.75) is 38.4 Å². The molecule has 3 heterocycles. The molecule has 3 aromatic rings. The second kappa shape index (κ2) is 8.97. The first-order chi connectivity index (χ1) is 15.3. The van der Waals surface area contributed by atoms with Crippen molar-refractivity contribution in [2.75, 3.05) is 18.8 Å². The second-order valence-corrected chi connectivity index (χ2v) is 9.64. The van der Waals surface area contributed by atoms with E-state index in [9.17, 15) is 14.4 Å². The quantitative estimate of drug-likeness (QED) is 0.551. The van der Waals surface area contributed by atoms with Crippen LogP contribution in [0.5, 0.6) is 0 Å². The molecule has 2 aromatic heterocycles. The Morgan fingerprint density at radius 2 is 1.75 bits per heavy atom. The van der Waals surface area contributed by atoms with Gasteiger partial charge in [-0.3, -0.25) is 18.7 Å². The Morgan fingerprint density at radius 1 is 1.09 bits per heavy atom. The van der Waals surface area contributed by atoms with Crippen LogP contribution in [0, 0.1) is 12.8 Å². The largest absolute Gasteiger partial charge is 0.342 e. The molecular formula is C23H29N5O3S. The Balaban J connectivity index is 1.70. The zero-order valence-corrected chi connectivity index (χ0v) is 19.8. The molecule has 0 atom stereocenters. The molecule has 0 radical (unpaired) electrons. The lowest BCUT2D eigenvalue weighted by Crippen LogP contribution is -2.39. The fourth-order valence-corrected chi connectivity index (χ4v) is 4.93. The molecule has 0 spiro atoms. The lowest BCUT2D eigenvalue weighted by molar-refractivity contribution is -0.129. The van der Waals surface area contributed by atoms with Crippen LogP contribution in [0.4, 0.5) is 0 Å². The smallest absolute Gasteiger partial charge is 0.332 e. The monoisotopic (exact) mass is 455 g/mol. The second-order valence-electron chi connectivity index (χ2n) is 8.70. The molecule has 9 heteroatoms. The molecule has 170 valence electrons. The first-order valence-electron chi connectivity index (χ1n) is 10.9. The molecule has 4 rings (SSSR count). The zero-order chi connectivity index (χ0) is 23.0. The number of likely N-dealkylation sites (tertiary alicyclic amines) is 1. The number of thioether (sulfide) groups is 1. The van der Waals surface area contributed by atoms with Crippen LogP contribution in [0.15, 0.2) is 39.0 Å². The fourth-order valence-electron chi connectivity index (χ4n) is 4.04. The minimum absolute atomic E-state index is 0.0811. The number of amides is 1. The third-order valence-electron chi connectivity index (χ3n) is 6.24. The molecule has 1 saturated heterocycles. The highest BCUT2D eigenvalue weighted by molar-refractivity contribution is 7.99. The van der Waals surface area contributed by atoms with Crippen molar-refractivity contribution in [1.82, 2.24) is 23.6 Å². The maximum absolute atomic E-state index is 13.0. The predicted octanol–water partition coefficient (Wildman–Crippen LogP) is 2.14. The van der Waals surface area contributed by atoms with Crippen LogP contribution in [0.1, 0.15) is 30.9 Å². The molecule has 1 amide bonds. The van der Waals surface area contributed by atoms with Crippen molar-refractivity contribution in [3.8, 4) is 0 Å². The van der Waals surface area contributed by atoms with Crippen molar-refractivity contribution in [3.63, 3.8) is 0 Å². The molecule has 0 N–H and O–H groups in total. The number of aromatic nitrogens is 4. The minimum atomic E-state index is -0.419. The summed E-state index contributed by atoms with van der Waals surface area (Å²) in [6, 6.07) is 8.08. The van der Waals surface area contributed by atoms with Crippen LogP contribution in [0.3, 0.4) is 0 Å². The third kappa shape index (κ3) is 4.26. The molecule has 0 saturated carbocycles. The van der Waals surface area contributed by atoms with Gasteiger partial charge in [-0.2, -0.15) is 0 Å². The van der Waals surface area contributed by atoms with E-state index in [1.165, 1.54) is 23.4 Å². The van der Waals surface area contributed by atoms with E-state index in [-0.39, 0.29) is 17.2 Å². The molecule has 1 aliphatic rings. The number of nitrogens with zero attached hydrogens (tertiary/aromatic N) is 5. The van der Waals surface area contributed by atoms with E-state index in [0.29, 0.717) is 28.8 Å². The number of imidazole rings is 1.